The first kappa shape index (κ1) is 10.7. The van der Waals surface area contributed by atoms with Crippen LogP contribution in [0.15, 0.2) is 18.2 Å². The number of halogens is 1. The maximum Gasteiger partial charge on any atom is 0.127 e. The summed E-state index contributed by atoms with van der Waals surface area (Å²) < 4.78 is 18.0. The summed E-state index contributed by atoms with van der Waals surface area (Å²) in [5.41, 5.74) is 0.616. The molecule has 76 valence electrons. The van der Waals surface area contributed by atoms with E-state index in [4.69, 9.17) is 4.74 Å². The molecule has 0 aliphatic heterocycles. The molecule has 0 spiro atoms. The van der Waals surface area contributed by atoms with Crippen molar-refractivity contribution < 1.29 is 13.9 Å². The van der Waals surface area contributed by atoms with Crippen LogP contribution in [0.25, 0.3) is 0 Å². The Bertz CT molecular complexity index is 323. The molecule has 0 amide bonds. The minimum atomic E-state index is -0.346. The highest BCUT2D eigenvalue weighted by Crippen LogP contribution is 2.28. The van der Waals surface area contributed by atoms with Crippen molar-refractivity contribution in [2.75, 3.05) is 7.11 Å². The van der Waals surface area contributed by atoms with Crippen molar-refractivity contribution in [2.24, 2.45) is 0 Å². The van der Waals surface area contributed by atoms with Crippen LogP contribution >= 0.6 is 0 Å². The number of ether oxygens (including phenoxy) is 1. The highest BCUT2D eigenvalue weighted by atomic mass is 19.1. The maximum absolute atomic E-state index is 12.9. The number of rotatable bonds is 4. The fraction of sp³-hybridized carbons (Fsp3) is 0.364. The number of carbonyl (C=O) groups is 1. The average Bonchev–Trinajstić information content (AvgIpc) is 2.20. The predicted molar refractivity (Wildman–Crippen MR) is 52.0 cm³/mol. The molecular formula is C11H13FO2. The molecular weight excluding hydrogens is 183 g/mol. The van der Waals surface area contributed by atoms with Crippen molar-refractivity contribution in [3.05, 3.63) is 29.6 Å². The van der Waals surface area contributed by atoms with Crippen molar-refractivity contribution in [1.29, 1.82) is 0 Å². The van der Waals surface area contributed by atoms with Gasteiger partial charge < -0.3 is 9.53 Å². The van der Waals surface area contributed by atoms with Gasteiger partial charge in [-0.2, -0.15) is 0 Å². The Balaban J connectivity index is 3.14. The molecule has 1 unspecified atom stereocenters. The molecule has 2 nitrogen and oxygen atoms in total. The van der Waals surface area contributed by atoms with E-state index in [1.54, 1.807) is 0 Å². The Hall–Kier alpha value is -1.38. The highest BCUT2D eigenvalue weighted by molar-refractivity contribution is 5.64. The van der Waals surface area contributed by atoms with Crippen LogP contribution in [-0.4, -0.2) is 13.4 Å². The van der Waals surface area contributed by atoms with Crippen LogP contribution in [0.4, 0.5) is 4.39 Å². The second kappa shape index (κ2) is 4.74. The summed E-state index contributed by atoms with van der Waals surface area (Å²) in [7, 11) is 1.51. The van der Waals surface area contributed by atoms with Crippen LogP contribution in [-0.2, 0) is 4.79 Å². The van der Waals surface area contributed by atoms with E-state index in [1.807, 2.05) is 6.92 Å². The van der Waals surface area contributed by atoms with Crippen molar-refractivity contribution in [1.82, 2.24) is 0 Å². The Morgan fingerprint density at radius 3 is 2.79 bits per heavy atom. The molecule has 0 radical (unpaired) electrons. The Morgan fingerprint density at radius 1 is 1.57 bits per heavy atom. The van der Waals surface area contributed by atoms with E-state index in [2.05, 4.69) is 0 Å². The zero-order valence-corrected chi connectivity index (χ0v) is 8.29. The molecule has 0 bridgehead atoms. The Kier molecular flexibility index (Phi) is 3.63. The lowest BCUT2D eigenvalue weighted by Crippen LogP contribution is -2.02. The van der Waals surface area contributed by atoms with Gasteiger partial charge in [-0.15, -0.1) is 0 Å². The number of hydrogen-bond acceptors (Lipinski definition) is 2. The molecule has 0 aromatic heterocycles. The van der Waals surface area contributed by atoms with Gasteiger partial charge in [-0.1, -0.05) is 6.92 Å². The summed E-state index contributed by atoms with van der Waals surface area (Å²) in [4.78, 5) is 10.7. The summed E-state index contributed by atoms with van der Waals surface area (Å²) in [6.45, 7) is 1.88. The number of carbonyl (C=O) groups excluding carboxylic acids is 1. The molecule has 3 heteroatoms. The third kappa shape index (κ3) is 2.10. The molecule has 0 heterocycles. The van der Waals surface area contributed by atoms with Crippen molar-refractivity contribution >= 4 is 6.29 Å². The molecule has 1 aromatic rings. The van der Waals surface area contributed by atoms with Gasteiger partial charge in [-0.3, -0.25) is 0 Å². The highest BCUT2D eigenvalue weighted by Gasteiger charge is 2.14. The van der Waals surface area contributed by atoms with E-state index in [0.717, 1.165) is 6.29 Å². The fourth-order valence-electron chi connectivity index (χ4n) is 1.38. The lowest BCUT2D eigenvalue weighted by molar-refractivity contribution is -0.109. The van der Waals surface area contributed by atoms with Gasteiger partial charge in [0.1, 0.15) is 17.9 Å². The summed E-state index contributed by atoms with van der Waals surface area (Å²) in [5, 5.41) is 0. The summed E-state index contributed by atoms with van der Waals surface area (Å²) in [6, 6.07) is 4.21. The third-order valence-corrected chi connectivity index (χ3v) is 2.20. The summed E-state index contributed by atoms with van der Waals surface area (Å²) >= 11 is 0. The molecule has 0 N–H and O–H groups in total. The van der Waals surface area contributed by atoms with Gasteiger partial charge in [0.25, 0.3) is 0 Å². The lowest BCUT2D eigenvalue weighted by Gasteiger charge is -2.12. The molecule has 0 fully saturated rings. The van der Waals surface area contributed by atoms with Gasteiger partial charge in [-0.25, -0.2) is 4.39 Å². The van der Waals surface area contributed by atoms with E-state index in [0.29, 0.717) is 17.7 Å². The van der Waals surface area contributed by atoms with Crippen molar-refractivity contribution in [2.45, 2.75) is 19.3 Å². The van der Waals surface area contributed by atoms with Crippen molar-refractivity contribution in [3.63, 3.8) is 0 Å². The second-order valence-electron chi connectivity index (χ2n) is 3.04. The van der Waals surface area contributed by atoms with Crippen LogP contribution in [0.1, 0.15) is 24.8 Å². The SMILES string of the molecule is CCC(C=O)c1cc(F)ccc1OC. The third-order valence-electron chi connectivity index (χ3n) is 2.20. The van der Waals surface area contributed by atoms with E-state index in [1.165, 1.54) is 25.3 Å². The standard InChI is InChI=1S/C11H13FO2/c1-3-8(7-13)10-6-9(12)4-5-11(10)14-2/h4-8H,3H2,1-2H3. The normalized spacial score (nSPS) is 12.2. The fourth-order valence-corrected chi connectivity index (χ4v) is 1.38. The molecule has 14 heavy (non-hydrogen) atoms. The van der Waals surface area contributed by atoms with Crippen LogP contribution in [0.2, 0.25) is 0 Å². The minimum absolute atomic E-state index is 0.291. The van der Waals surface area contributed by atoms with Crippen LogP contribution in [0, 0.1) is 5.82 Å². The maximum atomic E-state index is 12.9. The van der Waals surface area contributed by atoms with Crippen LogP contribution in [0.3, 0.4) is 0 Å². The Labute approximate surface area is 82.7 Å². The zero-order valence-electron chi connectivity index (χ0n) is 8.29. The molecule has 1 atom stereocenters. The van der Waals surface area contributed by atoms with Gasteiger partial charge in [0.05, 0.1) is 7.11 Å². The molecule has 1 aromatic carbocycles. The molecule has 0 saturated heterocycles. The number of aldehydes is 1. The molecule has 0 aliphatic rings. The first-order valence-electron chi connectivity index (χ1n) is 4.51. The predicted octanol–water partition coefficient (Wildman–Crippen LogP) is 2.53. The lowest BCUT2D eigenvalue weighted by atomic mass is 9.97. The van der Waals surface area contributed by atoms with Crippen LogP contribution < -0.4 is 4.74 Å². The van der Waals surface area contributed by atoms with E-state index >= 15 is 0 Å². The van der Waals surface area contributed by atoms with Crippen molar-refractivity contribution in [3.8, 4) is 5.75 Å². The molecule has 0 aliphatic carbocycles. The minimum Gasteiger partial charge on any atom is -0.496 e. The monoisotopic (exact) mass is 196 g/mol. The summed E-state index contributed by atoms with van der Waals surface area (Å²) in [6.07, 6.45) is 1.46. The molecule has 1 rings (SSSR count). The van der Waals surface area contributed by atoms with Gasteiger partial charge >= 0.3 is 0 Å². The first-order valence-corrected chi connectivity index (χ1v) is 4.51. The van der Waals surface area contributed by atoms with Gasteiger partial charge in [0.15, 0.2) is 0 Å². The second-order valence-corrected chi connectivity index (χ2v) is 3.04. The van der Waals surface area contributed by atoms with E-state index < -0.39 is 0 Å². The van der Waals surface area contributed by atoms with E-state index in [9.17, 15) is 9.18 Å². The number of hydrogen-bond donors (Lipinski definition) is 0. The smallest absolute Gasteiger partial charge is 0.127 e. The van der Waals surface area contributed by atoms with Crippen LogP contribution in [0.5, 0.6) is 5.75 Å². The number of methoxy groups -OCH3 is 1. The topological polar surface area (TPSA) is 26.3 Å². The van der Waals surface area contributed by atoms with Gasteiger partial charge in [0, 0.05) is 11.5 Å². The van der Waals surface area contributed by atoms with Gasteiger partial charge in [-0.05, 0) is 24.6 Å². The molecule has 0 saturated carbocycles. The zero-order chi connectivity index (χ0) is 10.6. The number of benzene rings is 1. The summed E-state index contributed by atoms with van der Waals surface area (Å²) in [5.74, 6) is -0.0768. The largest absolute Gasteiger partial charge is 0.496 e. The average molecular weight is 196 g/mol. The quantitative estimate of drug-likeness (QED) is 0.692. The van der Waals surface area contributed by atoms with Gasteiger partial charge in [0.2, 0.25) is 0 Å². The van der Waals surface area contributed by atoms with E-state index in [-0.39, 0.29) is 11.7 Å². The first-order chi connectivity index (χ1) is 6.72. The Morgan fingerprint density at radius 2 is 2.29 bits per heavy atom.